The van der Waals surface area contributed by atoms with Crippen LogP contribution in [0.4, 0.5) is 4.39 Å². The molecule has 184 valence electrons. The van der Waals surface area contributed by atoms with E-state index in [9.17, 15) is 18.8 Å². The smallest absolute Gasteiger partial charge is 0.269 e. The summed E-state index contributed by atoms with van der Waals surface area (Å²) in [6, 6.07) is 10.4. The third-order valence-corrected chi connectivity index (χ3v) is 6.38. The van der Waals surface area contributed by atoms with Crippen LogP contribution < -0.4 is 29.5 Å². The van der Waals surface area contributed by atoms with E-state index in [-0.39, 0.29) is 30.1 Å². The lowest BCUT2D eigenvalue weighted by atomic mass is 10.1. The fourth-order valence-electron chi connectivity index (χ4n) is 3.21. The number of nitrogens with zero attached hydrogens (tertiary/aromatic N) is 1. The number of methoxy groups -OCH3 is 2. The highest BCUT2D eigenvalue weighted by Crippen LogP contribution is 2.23. The molecule has 3 rings (SSSR count). The first-order chi connectivity index (χ1) is 16.7. The van der Waals surface area contributed by atoms with Crippen LogP contribution in [-0.4, -0.2) is 36.5 Å². The molecule has 1 aromatic heterocycles. The predicted molar refractivity (Wildman–Crippen MR) is 134 cm³/mol. The Morgan fingerprint density at radius 2 is 1.74 bits per heavy atom. The van der Waals surface area contributed by atoms with E-state index in [1.165, 1.54) is 37.0 Å². The van der Waals surface area contributed by atoms with E-state index < -0.39 is 5.56 Å². The first kappa shape index (κ1) is 25.9. The minimum atomic E-state index is -0.416. The zero-order valence-electron chi connectivity index (χ0n) is 20.0. The number of thiazole rings is 1. The number of carbonyl (C=O) groups excluding carboxylic acids is 2. The Hall–Kier alpha value is -3.72. The number of carbonyl (C=O) groups is 2. The van der Waals surface area contributed by atoms with Crippen LogP contribution in [0.15, 0.2) is 47.3 Å². The molecule has 1 atom stereocenters. The quantitative estimate of drug-likeness (QED) is 0.458. The van der Waals surface area contributed by atoms with E-state index in [0.29, 0.717) is 31.8 Å². The van der Waals surface area contributed by atoms with E-state index in [4.69, 9.17) is 9.47 Å². The molecule has 1 heterocycles. The summed E-state index contributed by atoms with van der Waals surface area (Å²) in [6.45, 7) is 3.57. The summed E-state index contributed by atoms with van der Waals surface area (Å²) in [5.74, 6) is -0.211. The summed E-state index contributed by atoms with van der Waals surface area (Å²) in [4.78, 5) is 38.9. The number of halogens is 1. The molecule has 1 amide bonds. The molecule has 0 spiro atoms. The summed E-state index contributed by atoms with van der Waals surface area (Å²) < 4.78 is 25.7. The van der Waals surface area contributed by atoms with Gasteiger partial charge in [-0.05, 0) is 49.2 Å². The molecule has 0 unspecified atom stereocenters. The van der Waals surface area contributed by atoms with Crippen molar-refractivity contribution < 1.29 is 23.5 Å². The van der Waals surface area contributed by atoms with Crippen LogP contribution in [0.25, 0.3) is 12.2 Å². The van der Waals surface area contributed by atoms with Crippen molar-refractivity contribution in [3.8, 4) is 11.5 Å². The molecule has 3 aromatic rings. The van der Waals surface area contributed by atoms with E-state index in [0.717, 1.165) is 17.8 Å². The van der Waals surface area contributed by atoms with Crippen molar-refractivity contribution >= 4 is 35.2 Å². The van der Waals surface area contributed by atoms with Crippen molar-refractivity contribution in [3.05, 3.63) is 79.0 Å². The summed E-state index contributed by atoms with van der Waals surface area (Å²) in [7, 11) is 2.97. The second kappa shape index (κ2) is 11.6. The van der Waals surface area contributed by atoms with Gasteiger partial charge in [0.25, 0.3) is 5.56 Å². The van der Waals surface area contributed by atoms with E-state index in [2.05, 4.69) is 5.32 Å². The van der Waals surface area contributed by atoms with Gasteiger partial charge in [0.15, 0.2) is 5.78 Å². The van der Waals surface area contributed by atoms with Crippen molar-refractivity contribution in [2.45, 2.75) is 32.9 Å². The van der Waals surface area contributed by atoms with Gasteiger partial charge in [0, 0.05) is 23.7 Å². The van der Waals surface area contributed by atoms with Gasteiger partial charge in [-0.2, -0.15) is 0 Å². The molecule has 0 aliphatic rings. The fraction of sp³-hybridized carbons (Fsp3) is 0.269. The fourth-order valence-corrected chi connectivity index (χ4v) is 4.26. The van der Waals surface area contributed by atoms with Crippen molar-refractivity contribution in [1.82, 2.24) is 9.88 Å². The number of amides is 1. The van der Waals surface area contributed by atoms with Gasteiger partial charge in [0.05, 0.1) is 18.8 Å². The standard InChI is InChI=1S/C26H27FN2O5S/c1-5-16(2)28-24(31)15-29-25(14-22(30)18-11-20(33-3)13-21(12-18)34-4)35-23(26(29)32)10-17-6-8-19(27)9-7-17/h6-14,16H,5,15H2,1-4H3,(H,28,31)/b23-10-,25-14-/t16-/m0/s1. The van der Waals surface area contributed by atoms with Crippen LogP contribution >= 0.6 is 11.3 Å². The normalized spacial score (nSPS) is 12.9. The molecule has 0 bridgehead atoms. The minimum Gasteiger partial charge on any atom is -0.497 e. The molecule has 0 aliphatic carbocycles. The van der Waals surface area contributed by atoms with Crippen LogP contribution in [0.5, 0.6) is 11.5 Å². The maximum atomic E-state index is 13.3. The number of ether oxygens (including phenoxy) is 2. The maximum Gasteiger partial charge on any atom is 0.269 e. The molecule has 9 heteroatoms. The highest BCUT2D eigenvalue weighted by Gasteiger charge is 2.14. The Balaban J connectivity index is 2.11. The first-order valence-electron chi connectivity index (χ1n) is 11.0. The highest BCUT2D eigenvalue weighted by molar-refractivity contribution is 7.07. The summed E-state index contributed by atoms with van der Waals surface area (Å²) in [6.07, 6.45) is 3.66. The van der Waals surface area contributed by atoms with Crippen LogP contribution in [0.2, 0.25) is 0 Å². The third kappa shape index (κ3) is 6.66. The van der Waals surface area contributed by atoms with Crippen molar-refractivity contribution in [1.29, 1.82) is 0 Å². The molecule has 0 saturated heterocycles. The number of Topliss-reactive ketones (excluding diaryl/α,β-unsaturated/α-hetero) is 1. The van der Waals surface area contributed by atoms with Crippen LogP contribution in [0, 0.1) is 5.82 Å². The number of hydrogen-bond donors (Lipinski definition) is 1. The van der Waals surface area contributed by atoms with Crippen LogP contribution in [-0.2, 0) is 11.3 Å². The Kier molecular flexibility index (Phi) is 8.59. The lowest BCUT2D eigenvalue weighted by molar-refractivity contribution is -0.122. The van der Waals surface area contributed by atoms with Gasteiger partial charge in [-0.3, -0.25) is 19.0 Å². The SMILES string of the molecule is CC[C@H](C)NC(=O)Cn1c(=O)/c(=C/c2ccc(F)cc2)s/c1=C\C(=O)c1cc(OC)cc(OC)c1. The summed E-state index contributed by atoms with van der Waals surface area (Å²) >= 11 is 1.08. The van der Waals surface area contributed by atoms with Gasteiger partial charge < -0.3 is 14.8 Å². The second-order valence-electron chi connectivity index (χ2n) is 7.88. The van der Waals surface area contributed by atoms with Gasteiger partial charge >= 0.3 is 0 Å². The summed E-state index contributed by atoms with van der Waals surface area (Å²) in [5.41, 5.74) is 0.513. The molecule has 1 N–H and O–H groups in total. The average molecular weight is 499 g/mol. The molecular weight excluding hydrogens is 471 g/mol. The van der Waals surface area contributed by atoms with Gasteiger partial charge in [-0.1, -0.05) is 19.1 Å². The van der Waals surface area contributed by atoms with Crippen molar-refractivity contribution in [3.63, 3.8) is 0 Å². The average Bonchev–Trinajstić information content (AvgIpc) is 3.13. The number of benzene rings is 2. The molecule has 0 fully saturated rings. The Labute approximate surface area is 206 Å². The predicted octanol–water partition coefficient (Wildman–Crippen LogP) is 2.47. The molecule has 0 radical (unpaired) electrons. The number of rotatable bonds is 9. The number of ketones is 1. The number of aromatic nitrogens is 1. The second-order valence-corrected chi connectivity index (χ2v) is 8.94. The first-order valence-corrected chi connectivity index (χ1v) is 11.8. The molecule has 0 aliphatic heterocycles. The Bertz CT molecular complexity index is 1370. The Morgan fingerprint density at radius 3 is 2.31 bits per heavy atom. The zero-order valence-corrected chi connectivity index (χ0v) is 20.8. The largest absolute Gasteiger partial charge is 0.497 e. The Morgan fingerprint density at radius 1 is 1.11 bits per heavy atom. The van der Waals surface area contributed by atoms with E-state index in [1.807, 2.05) is 13.8 Å². The molecular formula is C26H27FN2O5S. The van der Waals surface area contributed by atoms with Crippen molar-refractivity contribution in [2.75, 3.05) is 14.2 Å². The summed E-state index contributed by atoms with van der Waals surface area (Å²) in [5, 5.41) is 2.84. The third-order valence-electron chi connectivity index (χ3n) is 5.32. The van der Waals surface area contributed by atoms with Gasteiger partial charge in [-0.25, -0.2) is 4.39 Å². The lowest BCUT2D eigenvalue weighted by Crippen LogP contribution is -2.40. The number of nitrogens with one attached hydrogen (secondary N) is 1. The molecule has 35 heavy (non-hydrogen) atoms. The molecule has 2 aromatic carbocycles. The van der Waals surface area contributed by atoms with Gasteiger partial charge in [0.2, 0.25) is 5.91 Å². The van der Waals surface area contributed by atoms with E-state index in [1.54, 1.807) is 36.4 Å². The topological polar surface area (TPSA) is 86.6 Å². The van der Waals surface area contributed by atoms with Crippen LogP contribution in [0.1, 0.15) is 36.2 Å². The van der Waals surface area contributed by atoms with Gasteiger partial charge in [-0.15, -0.1) is 11.3 Å². The lowest BCUT2D eigenvalue weighted by Gasteiger charge is -2.11. The molecule has 7 nitrogen and oxygen atoms in total. The number of hydrogen-bond acceptors (Lipinski definition) is 6. The van der Waals surface area contributed by atoms with Crippen LogP contribution in [0.3, 0.4) is 0 Å². The van der Waals surface area contributed by atoms with Gasteiger partial charge in [0.1, 0.15) is 28.5 Å². The highest BCUT2D eigenvalue weighted by atomic mass is 32.1. The molecule has 0 saturated carbocycles. The zero-order chi connectivity index (χ0) is 25.5. The van der Waals surface area contributed by atoms with Crippen molar-refractivity contribution in [2.24, 2.45) is 0 Å². The minimum absolute atomic E-state index is 0.0552. The maximum absolute atomic E-state index is 13.3. The monoisotopic (exact) mass is 498 g/mol. The van der Waals surface area contributed by atoms with E-state index >= 15 is 0 Å².